The molecule has 7 rings (SSSR count). The van der Waals surface area contributed by atoms with Crippen molar-refractivity contribution in [3.63, 3.8) is 0 Å². The number of aliphatic imine (C=N–C) groups is 2. The molecule has 7 nitrogen and oxygen atoms in total. The first kappa shape index (κ1) is 31.0. The van der Waals surface area contributed by atoms with Crippen LogP contribution in [0.1, 0.15) is 11.1 Å². The van der Waals surface area contributed by atoms with E-state index in [1.165, 1.54) is 5.57 Å². The molecule has 0 radical (unpaired) electrons. The molecule has 1 N–H and O–H groups in total. The first-order valence-corrected chi connectivity index (χ1v) is 16.0. The Hall–Kier alpha value is -6.60. The number of aromatic nitrogens is 4. The van der Waals surface area contributed by atoms with Gasteiger partial charge in [-0.1, -0.05) is 30.3 Å². The highest BCUT2D eigenvalue weighted by atomic mass is 14.9. The molecule has 7 heteroatoms. The fourth-order valence-corrected chi connectivity index (χ4v) is 5.72. The van der Waals surface area contributed by atoms with Gasteiger partial charge in [-0.15, -0.1) is 0 Å². The maximum absolute atomic E-state index is 5.22. The van der Waals surface area contributed by atoms with Crippen molar-refractivity contribution in [2.75, 3.05) is 13.1 Å². The van der Waals surface area contributed by atoms with E-state index >= 15 is 0 Å². The van der Waals surface area contributed by atoms with Gasteiger partial charge in [0, 0.05) is 89.5 Å². The summed E-state index contributed by atoms with van der Waals surface area (Å²) in [5.41, 5.74) is 12.6. The van der Waals surface area contributed by atoms with Gasteiger partial charge in [-0.25, -0.2) is 0 Å². The minimum Gasteiger partial charge on any atom is -0.387 e. The molecule has 0 bridgehead atoms. The summed E-state index contributed by atoms with van der Waals surface area (Å²) in [6, 6.07) is 28.9. The molecule has 1 aliphatic rings. The van der Waals surface area contributed by atoms with Crippen LogP contribution in [-0.4, -0.2) is 45.5 Å². The third-order valence-electron chi connectivity index (χ3n) is 8.21. The smallest absolute Gasteiger partial charge is 0.0716 e. The standard InChI is InChI=1S/C42H33N7/c1-43-41(39-19-35(31-8-3-13-45-26-31)17-36(20-39)32-9-4-14-46-27-32)23-42(49-25-30-7-2-12-44-24-30)40-21-37(33-10-5-15-47-28-33)18-38(22-40)34-11-6-16-48-29-34/h2-23,26-29,44H,1,24-25H2/b41-23-,49-42?. The summed E-state index contributed by atoms with van der Waals surface area (Å²) in [7, 11) is 0. The number of rotatable bonds is 10. The number of benzene rings is 2. The first-order chi connectivity index (χ1) is 24.2. The van der Waals surface area contributed by atoms with Crippen molar-refractivity contribution in [2.24, 2.45) is 9.98 Å². The van der Waals surface area contributed by atoms with Crippen LogP contribution in [0, 0.1) is 0 Å². The quantitative estimate of drug-likeness (QED) is 0.153. The molecule has 5 heterocycles. The number of nitrogens with one attached hydrogen (secondary N) is 1. The highest BCUT2D eigenvalue weighted by molar-refractivity contribution is 6.13. The molecule has 0 unspecified atom stereocenters. The molecule has 0 aliphatic carbocycles. The van der Waals surface area contributed by atoms with Crippen molar-refractivity contribution in [1.29, 1.82) is 0 Å². The van der Waals surface area contributed by atoms with Gasteiger partial charge < -0.3 is 5.32 Å². The second-order valence-electron chi connectivity index (χ2n) is 11.5. The van der Waals surface area contributed by atoms with Crippen LogP contribution in [0.5, 0.6) is 0 Å². The predicted octanol–water partition coefficient (Wildman–Crippen LogP) is 8.51. The van der Waals surface area contributed by atoms with Crippen molar-refractivity contribution < 1.29 is 0 Å². The first-order valence-electron chi connectivity index (χ1n) is 16.0. The van der Waals surface area contributed by atoms with Gasteiger partial charge in [-0.3, -0.25) is 29.9 Å². The van der Waals surface area contributed by atoms with Crippen LogP contribution in [0.15, 0.2) is 174 Å². The van der Waals surface area contributed by atoms with Crippen molar-refractivity contribution in [3.8, 4) is 44.5 Å². The fraction of sp³-hybridized carbons (Fsp3) is 0.0476. The van der Waals surface area contributed by atoms with Crippen LogP contribution in [0.25, 0.3) is 50.2 Å². The van der Waals surface area contributed by atoms with Gasteiger partial charge in [-0.2, -0.15) is 0 Å². The number of dihydropyridines is 1. The van der Waals surface area contributed by atoms with E-state index in [-0.39, 0.29) is 0 Å². The summed E-state index contributed by atoms with van der Waals surface area (Å²) >= 11 is 0. The molecular formula is C42H33N7. The number of nitrogens with zero attached hydrogens (tertiary/aromatic N) is 6. The van der Waals surface area contributed by atoms with E-state index in [0.717, 1.165) is 67.9 Å². The van der Waals surface area contributed by atoms with E-state index < -0.39 is 0 Å². The number of allylic oxidation sites excluding steroid dienone is 3. The lowest BCUT2D eigenvalue weighted by molar-refractivity contribution is 0.890. The van der Waals surface area contributed by atoms with Crippen LogP contribution in [0.3, 0.4) is 0 Å². The maximum Gasteiger partial charge on any atom is 0.0716 e. The normalized spacial score (nSPS) is 13.0. The Labute approximate surface area is 286 Å². The van der Waals surface area contributed by atoms with Crippen LogP contribution in [0.4, 0.5) is 0 Å². The van der Waals surface area contributed by atoms with E-state index in [2.05, 4.69) is 104 Å². The zero-order valence-electron chi connectivity index (χ0n) is 26.8. The number of hydrogen-bond donors (Lipinski definition) is 1. The van der Waals surface area contributed by atoms with Crippen molar-refractivity contribution >= 4 is 18.1 Å². The molecule has 49 heavy (non-hydrogen) atoms. The van der Waals surface area contributed by atoms with E-state index in [1.807, 2.05) is 67.4 Å². The predicted molar refractivity (Wildman–Crippen MR) is 200 cm³/mol. The van der Waals surface area contributed by atoms with Crippen molar-refractivity contribution in [3.05, 3.63) is 176 Å². The van der Waals surface area contributed by atoms with E-state index in [4.69, 9.17) is 4.99 Å². The third-order valence-corrected chi connectivity index (χ3v) is 8.21. The molecule has 0 spiro atoms. The summed E-state index contributed by atoms with van der Waals surface area (Å²) < 4.78 is 0. The monoisotopic (exact) mass is 635 g/mol. The summed E-state index contributed by atoms with van der Waals surface area (Å²) in [6.07, 6.45) is 22.7. The Bertz CT molecular complexity index is 2070. The lowest BCUT2D eigenvalue weighted by atomic mass is 9.93. The topological polar surface area (TPSA) is 88.3 Å². The Balaban J connectivity index is 1.41. The van der Waals surface area contributed by atoms with Gasteiger partial charge in [0.15, 0.2) is 0 Å². The third kappa shape index (κ3) is 7.53. The highest BCUT2D eigenvalue weighted by Gasteiger charge is 2.14. The minimum absolute atomic E-state index is 0.517. The van der Waals surface area contributed by atoms with Gasteiger partial charge in [-0.05, 0) is 114 Å². The van der Waals surface area contributed by atoms with Crippen LogP contribution < -0.4 is 5.32 Å². The number of pyridine rings is 4. The average Bonchev–Trinajstić information content (AvgIpc) is 3.19. The molecule has 0 saturated heterocycles. The molecule has 236 valence electrons. The lowest BCUT2D eigenvalue weighted by Gasteiger charge is -2.14. The number of hydrogen-bond acceptors (Lipinski definition) is 7. The second kappa shape index (κ2) is 14.9. The summed E-state index contributed by atoms with van der Waals surface area (Å²) in [4.78, 5) is 27.4. The second-order valence-corrected chi connectivity index (χ2v) is 11.5. The van der Waals surface area contributed by atoms with Gasteiger partial charge in [0.2, 0.25) is 0 Å². The molecule has 0 fully saturated rings. The SMILES string of the molecule is C=N/C(=C\C(=NCC1=CC=CNC1)c1cc(-c2cccnc2)cc(-c2cccnc2)c1)c1cc(-c2cccnc2)cc(-c2cccnc2)c1. The van der Waals surface area contributed by atoms with E-state index in [0.29, 0.717) is 12.2 Å². The molecular weight excluding hydrogens is 603 g/mol. The fourth-order valence-electron chi connectivity index (χ4n) is 5.72. The van der Waals surface area contributed by atoms with Gasteiger partial charge in [0.25, 0.3) is 0 Å². The molecule has 0 atom stereocenters. The molecule has 0 saturated carbocycles. The molecule has 0 amide bonds. The van der Waals surface area contributed by atoms with Gasteiger partial charge in [0.1, 0.15) is 0 Å². The van der Waals surface area contributed by atoms with Crippen molar-refractivity contribution in [2.45, 2.75) is 0 Å². The largest absolute Gasteiger partial charge is 0.387 e. The Morgan fingerprint density at radius 2 is 1.10 bits per heavy atom. The molecule has 1 aliphatic heterocycles. The van der Waals surface area contributed by atoms with E-state index in [9.17, 15) is 0 Å². The summed E-state index contributed by atoms with van der Waals surface area (Å²) in [5, 5.41) is 3.29. The Morgan fingerprint density at radius 3 is 1.49 bits per heavy atom. The zero-order valence-corrected chi connectivity index (χ0v) is 26.8. The lowest BCUT2D eigenvalue weighted by Crippen LogP contribution is -2.15. The minimum atomic E-state index is 0.517. The molecule has 4 aromatic heterocycles. The maximum atomic E-state index is 5.22. The zero-order chi connectivity index (χ0) is 33.3. The van der Waals surface area contributed by atoms with Crippen LogP contribution >= 0.6 is 0 Å². The average molecular weight is 636 g/mol. The Morgan fingerprint density at radius 1 is 0.633 bits per heavy atom. The molecule has 6 aromatic rings. The highest BCUT2D eigenvalue weighted by Crippen LogP contribution is 2.33. The van der Waals surface area contributed by atoms with Gasteiger partial charge in [0.05, 0.1) is 18.0 Å². The van der Waals surface area contributed by atoms with Crippen LogP contribution in [0.2, 0.25) is 0 Å². The summed E-state index contributed by atoms with van der Waals surface area (Å²) in [5.74, 6) is 0. The van der Waals surface area contributed by atoms with Gasteiger partial charge >= 0.3 is 0 Å². The van der Waals surface area contributed by atoms with Crippen LogP contribution in [-0.2, 0) is 0 Å². The summed E-state index contributed by atoms with van der Waals surface area (Å²) in [6.45, 7) is 5.28. The molecule has 2 aromatic carbocycles. The van der Waals surface area contributed by atoms with Crippen molar-refractivity contribution in [1.82, 2.24) is 25.3 Å². The Kier molecular flexibility index (Phi) is 9.42. The van der Waals surface area contributed by atoms with E-state index in [1.54, 1.807) is 24.8 Å².